The number of nitrogens with one attached hydrogen (secondary N) is 1. The Balaban J connectivity index is 0.00000169. The van der Waals surface area contributed by atoms with Crippen LogP contribution in [0.25, 0.3) is 0 Å². The molecule has 0 spiro atoms. The number of amides is 1. The monoisotopic (exact) mass is 216 g/mol. The Kier molecular flexibility index (Phi) is 5.87. The van der Waals surface area contributed by atoms with E-state index in [0.29, 0.717) is 5.69 Å². The average molecular weight is 217 g/mol. The van der Waals surface area contributed by atoms with E-state index in [-0.39, 0.29) is 24.9 Å². The molecule has 1 amide bonds. The molecule has 1 unspecified atom stereocenters. The number of nitrogens with two attached hydrogens (primary N) is 1. The second kappa shape index (κ2) is 6.37. The van der Waals surface area contributed by atoms with Gasteiger partial charge in [-0.15, -0.1) is 12.4 Å². The van der Waals surface area contributed by atoms with Gasteiger partial charge in [0.25, 0.3) is 0 Å². The lowest BCUT2D eigenvalue weighted by Gasteiger charge is -2.08. The van der Waals surface area contributed by atoms with Crippen molar-refractivity contribution in [3.63, 3.8) is 0 Å². The van der Waals surface area contributed by atoms with Crippen molar-refractivity contribution in [3.05, 3.63) is 30.3 Å². The van der Waals surface area contributed by atoms with Gasteiger partial charge >= 0.3 is 0 Å². The van der Waals surface area contributed by atoms with Crippen LogP contribution < -0.4 is 11.1 Å². The fraction of sp³-hybridized carbons (Fsp3) is 0.222. The number of halogens is 1. The molecule has 0 heterocycles. The van der Waals surface area contributed by atoms with Crippen LogP contribution in [-0.4, -0.2) is 23.7 Å². The van der Waals surface area contributed by atoms with E-state index in [4.69, 9.17) is 10.8 Å². The van der Waals surface area contributed by atoms with Gasteiger partial charge in [-0.05, 0) is 12.1 Å². The maximum absolute atomic E-state index is 11.1. The second-order valence-corrected chi connectivity index (χ2v) is 2.64. The van der Waals surface area contributed by atoms with E-state index < -0.39 is 6.04 Å². The van der Waals surface area contributed by atoms with Crippen molar-refractivity contribution in [2.45, 2.75) is 6.04 Å². The van der Waals surface area contributed by atoms with Crippen LogP contribution >= 0.6 is 12.4 Å². The van der Waals surface area contributed by atoms with Crippen molar-refractivity contribution in [2.24, 2.45) is 5.73 Å². The summed E-state index contributed by atoms with van der Waals surface area (Å²) in [6.45, 7) is -0.349. The number of aliphatic hydroxyl groups excluding tert-OH is 1. The van der Waals surface area contributed by atoms with Crippen molar-refractivity contribution in [1.82, 2.24) is 0 Å². The topological polar surface area (TPSA) is 75.3 Å². The molecule has 1 aromatic rings. The molecule has 0 aromatic heterocycles. The van der Waals surface area contributed by atoms with E-state index in [1.165, 1.54) is 0 Å². The zero-order valence-corrected chi connectivity index (χ0v) is 8.33. The Morgan fingerprint density at radius 3 is 2.50 bits per heavy atom. The molecule has 4 nitrogen and oxygen atoms in total. The number of rotatable bonds is 3. The van der Waals surface area contributed by atoms with Crippen molar-refractivity contribution >= 4 is 24.0 Å². The normalized spacial score (nSPS) is 11.3. The van der Waals surface area contributed by atoms with Crippen LogP contribution in [-0.2, 0) is 4.79 Å². The van der Waals surface area contributed by atoms with Crippen molar-refractivity contribution in [1.29, 1.82) is 0 Å². The predicted molar refractivity (Wildman–Crippen MR) is 57.4 cm³/mol. The first-order valence-electron chi connectivity index (χ1n) is 3.96. The molecule has 14 heavy (non-hydrogen) atoms. The Morgan fingerprint density at radius 2 is 2.00 bits per heavy atom. The molecule has 0 saturated heterocycles. The molecule has 1 atom stereocenters. The highest BCUT2D eigenvalue weighted by Crippen LogP contribution is 2.04. The van der Waals surface area contributed by atoms with E-state index in [9.17, 15) is 4.79 Å². The summed E-state index contributed by atoms with van der Waals surface area (Å²) in [5.41, 5.74) is 5.98. The molecule has 0 aliphatic carbocycles. The van der Waals surface area contributed by atoms with Crippen LogP contribution in [0.4, 0.5) is 5.69 Å². The van der Waals surface area contributed by atoms with Gasteiger partial charge in [-0.1, -0.05) is 18.2 Å². The molecule has 1 rings (SSSR count). The highest BCUT2D eigenvalue weighted by Gasteiger charge is 2.11. The maximum atomic E-state index is 11.1. The summed E-state index contributed by atoms with van der Waals surface area (Å²) < 4.78 is 0. The van der Waals surface area contributed by atoms with E-state index in [1.54, 1.807) is 24.3 Å². The predicted octanol–water partition coefficient (Wildman–Crippen LogP) is 0.366. The van der Waals surface area contributed by atoms with Gasteiger partial charge < -0.3 is 16.2 Å². The Hall–Kier alpha value is -1.10. The average Bonchev–Trinajstić information content (AvgIpc) is 2.18. The molecular formula is C9H13ClN2O2. The van der Waals surface area contributed by atoms with Crippen molar-refractivity contribution in [2.75, 3.05) is 11.9 Å². The third-order valence-corrected chi connectivity index (χ3v) is 1.57. The van der Waals surface area contributed by atoms with Crippen molar-refractivity contribution in [3.8, 4) is 0 Å². The van der Waals surface area contributed by atoms with Crippen LogP contribution in [0.1, 0.15) is 0 Å². The molecule has 0 bridgehead atoms. The summed E-state index contributed by atoms with van der Waals surface area (Å²) in [5, 5.41) is 11.2. The summed E-state index contributed by atoms with van der Waals surface area (Å²) >= 11 is 0. The fourth-order valence-corrected chi connectivity index (χ4v) is 0.839. The molecule has 1 aromatic carbocycles. The minimum atomic E-state index is -0.861. The van der Waals surface area contributed by atoms with Gasteiger partial charge in [-0.25, -0.2) is 0 Å². The minimum absolute atomic E-state index is 0. The summed E-state index contributed by atoms with van der Waals surface area (Å²) in [4.78, 5) is 11.1. The lowest BCUT2D eigenvalue weighted by molar-refractivity contribution is -0.118. The molecule has 0 radical (unpaired) electrons. The number of hydrogen-bond donors (Lipinski definition) is 3. The quantitative estimate of drug-likeness (QED) is 0.683. The molecular weight excluding hydrogens is 204 g/mol. The highest BCUT2D eigenvalue weighted by molar-refractivity contribution is 5.94. The number of anilines is 1. The molecule has 0 aliphatic rings. The first-order valence-corrected chi connectivity index (χ1v) is 3.96. The van der Waals surface area contributed by atoms with E-state index >= 15 is 0 Å². The van der Waals surface area contributed by atoms with Crippen LogP contribution in [0.5, 0.6) is 0 Å². The SMILES string of the molecule is Cl.NC(CO)C(=O)Nc1ccccc1. The number of para-hydroxylation sites is 1. The summed E-state index contributed by atoms with van der Waals surface area (Å²) in [5.74, 6) is -0.381. The van der Waals surface area contributed by atoms with Crippen LogP contribution in [0.2, 0.25) is 0 Å². The van der Waals surface area contributed by atoms with E-state index in [0.717, 1.165) is 0 Å². The molecule has 5 heteroatoms. The Morgan fingerprint density at radius 1 is 1.43 bits per heavy atom. The molecule has 0 saturated carbocycles. The molecule has 0 aliphatic heterocycles. The lowest BCUT2D eigenvalue weighted by Crippen LogP contribution is -2.38. The highest BCUT2D eigenvalue weighted by atomic mass is 35.5. The van der Waals surface area contributed by atoms with Gasteiger partial charge in [0.05, 0.1) is 6.61 Å². The standard InChI is InChI=1S/C9H12N2O2.ClH/c10-8(6-12)9(13)11-7-4-2-1-3-5-7;/h1-5,8,12H,6,10H2,(H,11,13);1H. The molecule has 4 N–H and O–H groups in total. The van der Waals surface area contributed by atoms with Gasteiger partial charge in [-0.2, -0.15) is 0 Å². The Bertz CT molecular complexity index is 279. The van der Waals surface area contributed by atoms with Crippen LogP contribution in [0.3, 0.4) is 0 Å². The fourth-order valence-electron chi connectivity index (χ4n) is 0.839. The summed E-state index contributed by atoms with van der Waals surface area (Å²) in [7, 11) is 0. The third kappa shape index (κ3) is 3.74. The van der Waals surface area contributed by atoms with E-state index in [1.807, 2.05) is 6.07 Å². The van der Waals surface area contributed by atoms with E-state index in [2.05, 4.69) is 5.32 Å². The Labute approximate surface area is 88.5 Å². The summed E-state index contributed by atoms with van der Waals surface area (Å²) in [6, 6.07) is 8.10. The lowest BCUT2D eigenvalue weighted by atomic mass is 10.3. The smallest absolute Gasteiger partial charge is 0.243 e. The number of carbonyl (C=O) groups excluding carboxylic acids is 1. The molecule has 78 valence electrons. The number of benzene rings is 1. The maximum Gasteiger partial charge on any atom is 0.243 e. The zero-order chi connectivity index (χ0) is 9.68. The first kappa shape index (κ1) is 12.9. The number of carbonyl (C=O) groups is 1. The van der Waals surface area contributed by atoms with Gasteiger partial charge in [0.2, 0.25) is 5.91 Å². The van der Waals surface area contributed by atoms with Gasteiger partial charge in [-0.3, -0.25) is 4.79 Å². The molecule has 0 fully saturated rings. The van der Waals surface area contributed by atoms with Gasteiger partial charge in [0, 0.05) is 5.69 Å². The largest absolute Gasteiger partial charge is 0.394 e. The van der Waals surface area contributed by atoms with Crippen LogP contribution in [0.15, 0.2) is 30.3 Å². The first-order chi connectivity index (χ1) is 6.24. The zero-order valence-electron chi connectivity index (χ0n) is 7.51. The number of aliphatic hydroxyl groups is 1. The third-order valence-electron chi connectivity index (χ3n) is 1.57. The minimum Gasteiger partial charge on any atom is -0.394 e. The van der Waals surface area contributed by atoms with Crippen LogP contribution in [0, 0.1) is 0 Å². The number of hydrogen-bond acceptors (Lipinski definition) is 3. The second-order valence-electron chi connectivity index (χ2n) is 2.64. The van der Waals surface area contributed by atoms with Gasteiger partial charge in [0.1, 0.15) is 6.04 Å². The summed E-state index contributed by atoms with van der Waals surface area (Å²) in [6.07, 6.45) is 0. The van der Waals surface area contributed by atoms with Crippen molar-refractivity contribution < 1.29 is 9.90 Å². The van der Waals surface area contributed by atoms with Gasteiger partial charge in [0.15, 0.2) is 0 Å².